The minimum Gasteiger partial charge on any atom is -0.378 e. The fourth-order valence-corrected chi connectivity index (χ4v) is 2.56. The van der Waals surface area contributed by atoms with Crippen LogP contribution in [0.15, 0.2) is 42.5 Å². The standard InChI is InChI=1S/C21H27FN4O2/c1-15-5-8-17(13-19(15)22)20(27)23-11-12-24-21(28)26(4)14-16-6-9-18(10-7-16)25(2)3/h5-10,13H,11-12,14H2,1-4H3,(H,23,27)(H,24,28). The number of carbonyl (C=O) groups is 2. The normalized spacial score (nSPS) is 10.3. The molecule has 0 atom stereocenters. The van der Waals surface area contributed by atoms with Crippen molar-refractivity contribution in [2.45, 2.75) is 13.5 Å². The minimum absolute atomic E-state index is 0.229. The van der Waals surface area contributed by atoms with Crippen LogP contribution in [0.25, 0.3) is 0 Å². The molecule has 0 aromatic heterocycles. The highest BCUT2D eigenvalue weighted by atomic mass is 19.1. The van der Waals surface area contributed by atoms with Gasteiger partial charge in [-0.25, -0.2) is 9.18 Å². The lowest BCUT2D eigenvalue weighted by Gasteiger charge is -2.19. The molecule has 28 heavy (non-hydrogen) atoms. The van der Waals surface area contributed by atoms with E-state index in [4.69, 9.17) is 0 Å². The smallest absolute Gasteiger partial charge is 0.317 e. The van der Waals surface area contributed by atoms with Crippen molar-refractivity contribution >= 4 is 17.6 Å². The molecule has 0 unspecified atom stereocenters. The number of hydrogen-bond donors (Lipinski definition) is 2. The molecule has 0 saturated carbocycles. The van der Waals surface area contributed by atoms with E-state index in [0.717, 1.165) is 11.3 Å². The molecule has 0 aliphatic heterocycles. The summed E-state index contributed by atoms with van der Waals surface area (Å²) in [6.45, 7) is 2.66. The predicted molar refractivity (Wildman–Crippen MR) is 109 cm³/mol. The van der Waals surface area contributed by atoms with Crippen molar-refractivity contribution in [3.63, 3.8) is 0 Å². The van der Waals surface area contributed by atoms with E-state index in [0.29, 0.717) is 12.1 Å². The van der Waals surface area contributed by atoms with Gasteiger partial charge in [0.25, 0.3) is 5.91 Å². The Hall–Kier alpha value is -3.09. The number of rotatable bonds is 7. The van der Waals surface area contributed by atoms with E-state index >= 15 is 0 Å². The van der Waals surface area contributed by atoms with Gasteiger partial charge in [0.2, 0.25) is 0 Å². The van der Waals surface area contributed by atoms with Crippen molar-refractivity contribution in [2.24, 2.45) is 0 Å². The molecule has 0 radical (unpaired) electrons. The first-order valence-corrected chi connectivity index (χ1v) is 9.07. The molecule has 2 aromatic rings. The highest BCUT2D eigenvalue weighted by Gasteiger charge is 2.10. The number of aryl methyl sites for hydroxylation is 1. The molecule has 150 valence electrons. The summed E-state index contributed by atoms with van der Waals surface area (Å²) in [5.41, 5.74) is 2.87. The lowest BCUT2D eigenvalue weighted by Crippen LogP contribution is -2.41. The van der Waals surface area contributed by atoms with Gasteiger partial charge < -0.3 is 20.4 Å². The maximum Gasteiger partial charge on any atom is 0.317 e. The second kappa shape index (κ2) is 9.73. The van der Waals surface area contributed by atoms with Gasteiger partial charge in [0.1, 0.15) is 5.82 Å². The average Bonchev–Trinajstić information content (AvgIpc) is 2.67. The number of benzene rings is 2. The molecule has 2 aromatic carbocycles. The molecule has 0 fully saturated rings. The molecule has 0 spiro atoms. The largest absolute Gasteiger partial charge is 0.378 e. The summed E-state index contributed by atoms with van der Waals surface area (Å²) in [4.78, 5) is 27.7. The van der Waals surface area contributed by atoms with Crippen LogP contribution in [0.1, 0.15) is 21.5 Å². The fraction of sp³-hybridized carbons (Fsp3) is 0.333. The first kappa shape index (κ1) is 21.2. The Balaban J connectivity index is 1.73. The fourth-order valence-electron chi connectivity index (χ4n) is 2.56. The topological polar surface area (TPSA) is 64.7 Å². The van der Waals surface area contributed by atoms with Crippen LogP contribution in [0.4, 0.5) is 14.9 Å². The van der Waals surface area contributed by atoms with E-state index in [-0.39, 0.29) is 30.6 Å². The van der Waals surface area contributed by atoms with Crippen molar-refractivity contribution in [3.05, 3.63) is 65.0 Å². The highest BCUT2D eigenvalue weighted by Crippen LogP contribution is 2.13. The number of halogens is 1. The third kappa shape index (κ3) is 5.97. The van der Waals surface area contributed by atoms with E-state index in [1.807, 2.05) is 43.3 Å². The molecule has 6 nitrogen and oxygen atoms in total. The zero-order valence-corrected chi connectivity index (χ0v) is 16.8. The van der Waals surface area contributed by atoms with Crippen LogP contribution in [0.3, 0.4) is 0 Å². The second-order valence-electron chi connectivity index (χ2n) is 6.87. The molecule has 2 N–H and O–H groups in total. The van der Waals surface area contributed by atoms with Gasteiger partial charge >= 0.3 is 6.03 Å². The van der Waals surface area contributed by atoms with Crippen LogP contribution in [0.2, 0.25) is 0 Å². The van der Waals surface area contributed by atoms with Crippen molar-refractivity contribution < 1.29 is 14.0 Å². The average molecular weight is 386 g/mol. The molecule has 0 bridgehead atoms. The Bertz CT molecular complexity index is 822. The van der Waals surface area contributed by atoms with E-state index in [1.165, 1.54) is 6.07 Å². The van der Waals surface area contributed by atoms with Gasteiger partial charge in [-0.2, -0.15) is 0 Å². The number of anilines is 1. The first-order chi connectivity index (χ1) is 13.3. The number of urea groups is 1. The van der Waals surface area contributed by atoms with Gasteiger partial charge in [-0.1, -0.05) is 18.2 Å². The number of hydrogen-bond acceptors (Lipinski definition) is 3. The molecule has 0 aliphatic carbocycles. The zero-order chi connectivity index (χ0) is 20.7. The van der Waals surface area contributed by atoms with Crippen molar-refractivity contribution in [1.82, 2.24) is 15.5 Å². The van der Waals surface area contributed by atoms with E-state index in [1.54, 1.807) is 31.0 Å². The summed E-state index contributed by atoms with van der Waals surface area (Å²) in [6, 6.07) is 12.1. The van der Waals surface area contributed by atoms with Gasteiger partial charge in [0.15, 0.2) is 0 Å². The predicted octanol–water partition coefficient (Wildman–Crippen LogP) is 2.77. The van der Waals surface area contributed by atoms with Crippen molar-refractivity contribution in [3.8, 4) is 0 Å². The summed E-state index contributed by atoms with van der Waals surface area (Å²) in [5, 5.41) is 5.41. The highest BCUT2D eigenvalue weighted by molar-refractivity contribution is 5.94. The third-order valence-corrected chi connectivity index (χ3v) is 4.34. The second-order valence-corrected chi connectivity index (χ2v) is 6.87. The first-order valence-electron chi connectivity index (χ1n) is 9.07. The molecule has 2 rings (SSSR count). The van der Waals surface area contributed by atoms with E-state index in [2.05, 4.69) is 10.6 Å². The molecular weight excluding hydrogens is 359 g/mol. The summed E-state index contributed by atoms with van der Waals surface area (Å²) in [7, 11) is 5.66. The Morgan fingerprint density at radius 1 is 0.964 bits per heavy atom. The number of carbonyl (C=O) groups excluding carboxylic acids is 2. The molecule has 0 heterocycles. The van der Waals surface area contributed by atoms with E-state index < -0.39 is 5.82 Å². The van der Waals surface area contributed by atoms with Crippen LogP contribution in [0, 0.1) is 12.7 Å². The molecule has 0 saturated heterocycles. The number of nitrogens with zero attached hydrogens (tertiary/aromatic N) is 2. The Morgan fingerprint density at radius 2 is 1.61 bits per heavy atom. The Labute approximate surface area is 165 Å². The van der Waals surface area contributed by atoms with Gasteiger partial charge in [-0.15, -0.1) is 0 Å². The van der Waals surface area contributed by atoms with Crippen molar-refractivity contribution in [1.29, 1.82) is 0 Å². The monoisotopic (exact) mass is 386 g/mol. The van der Waals surface area contributed by atoms with Crippen LogP contribution in [-0.4, -0.2) is 51.1 Å². The minimum atomic E-state index is -0.416. The van der Waals surface area contributed by atoms with Crippen LogP contribution >= 0.6 is 0 Å². The maximum absolute atomic E-state index is 13.5. The Morgan fingerprint density at radius 3 is 2.21 bits per heavy atom. The van der Waals surface area contributed by atoms with Crippen LogP contribution in [-0.2, 0) is 6.54 Å². The van der Waals surface area contributed by atoms with Gasteiger partial charge in [-0.05, 0) is 42.3 Å². The van der Waals surface area contributed by atoms with Gasteiger partial charge in [0.05, 0.1) is 0 Å². The number of nitrogens with one attached hydrogen (secondary N) is 2. The quantitative estimate of drug-likeness (QED) is 0.719. The lowest BCUT2D eigenvalue weighted by molar-refractivity contribution is 0.0953. The van der Waals surface area contributed by atoms with Gasteiger partial charge in [0, 0.05) is 52.0 Å². The molecular formula is C21H27FN4O2. The van der Waals surface area contributed by atoms with Crippen LogP contribution < -0.4 is 15.5 Å². The lowest BCUT2D eigenvalue weighted by atomic mass is 10.1. The summed E-state index contributed by atoms with van der Waals surface area (Å²) in [6.07, 6.45) is 0. The summed E-state index contributed by atoms with van der Waals surface area (Å²) >= 11 is 0. The van der Waals surface area contributed by atoms with Crippen LogP contribution in [0.5, 0.6) is 0 Å². The SMILES string of the molecule is Cc1ccc(C(=O)NCCNC(=O)N(C)Cc2ccc(N(C)C)cc2)cc1F. The zero-order valence-electron chi connectivity index (χ0n) is 16.8. The van der Waals surface area contributed by atoms with E-state index in [9.17, 15) is 14.0 Å². The number of amides is 3. The third-order valence-electron chi connectivity index (χ3n) is 4.34. The molecule has 3 amide bonds. The van der Waals surface area contributed by atoms with Crippen molar-refractivity contribution in [2.75, 3.05) is 39.1 Å². The maximum atomic E-state index is 13.5. The Kier molecular flexibility index (Phi) is 7.37. The molecule has 7 heteroatoms. The summed E-state index contributed by atoms with van der Waals surface area (Å²) in [5.74, 6) is -0.788. The van der Waals surface area contributed by atoms with Gasteiger partial charge in [-0.3, -0.25) is 4.79 Å². The molecule has 0 aliphatic rings. The summed E-state index contributed by atoms with van der Waals surface area (Å²) < 4.78 is 13.5.